The van der Waals surface area contributed by atoms with Crippen molar-refractivity contribution < 1.29 is 14.8 Å². The second-order valence-electron chi connectivity index (χ2n) is 4.09. The SMILES string of the molecule is Cn1nccc1CNc1cc(C(=O)O)ccc1[N+](=O)[O-]. The third kappa shape index (κ3) is 2.74. The van der Waals surface area contributed by atoms with Crippen LogP contribution in [0.3, 0.4) is 0 Å². The van der Waals surface area contributed by atoms with Gasteiger partial charge in [-0.3, -0.25) is 14.8 Å². The highest BCUT2D eigenvalue weighted by Crippen LogP contribution is 2.26. The van der Waals surface area contributed by atoms with Crippen molar-refractivity contribution in [3.63, 3.8) is 0 Å². The lowest BCUT2D eigenvalue weighted by atomic mass is 10.1. The molecule has 2 rings (SSSR count). The van der Waals surface area contributed by atoms with Crippen molar-refractivity contribution in [2.75, 3.05) is 5.32 Å². The van der Waals surface area contributed by atoms with Gasteiger partial charge in [-0.05, 0) is 18.2 Å². The molecule has 1 aromatic heterocycles. The van der Waals surface area contributed by atoms with Crippen molar-refractivity contribution in [1.29, 1.82) is 0 Å². The Kier molecular flexibility index (Phi) is 3.65. The first-order valence-corrected chi connectivity index (χ1v) is 5.71. The van der Waals surface area contributed by atoms with Crippen molar-refractivity contribution in [2.45, 2.75) is 6.54 Å². The van der Waals surface area contributed by atoms with Gasteiger partial charge in [0.1, 0.15) is 5.69 Å². The minimum atomic E-state index is -1.14. The zero-order chi connectivity index (χ0) is 14.7. The van der Waals surface area contributed by atoms with E-state index in [2.05, 4.69) is 10.4 Å². The Labute approximate surface area is 113 Å². The van der Waals surface area contributed by atoms with Gasteiger partial charge in [-0.15, -0.1) is 0 Å². The van der Waals surface area contributed by atoms with Crippen LogP contribution in [0, 0.1) is 10.1 Å². The zero-order valence-corrected chi connectivity index (χ0v) is 10.6. The minimum absolute atomic E-state index is 0.0110. The summed E-state index contributed by atoms with van der Waals surface area (Å²) in [5.41, 5.74) is 0.802. The molecule has 0 amide bonds. The minimum Gasteiger partial charge on any atom is -0.478 e. The molecule has 1 aromatic carbocycles. The number of aromatic carboxylic acids is 1. The number of nitro benzene ring substituents is 1. The largest absolute Gasteiger partial charge is 0.478 e. The molecule has 0 fully saturated rings. The molecule has 104 valence electrons. The Morgan fingerprint density at radius 1 is 1.50 bits per heavy atom. The smallest absolute Gasteiger partial charge is 0.335 e. The van der Waals surface area contributed by atoms with Gasteiger partial charge in [0.25, 0.3) is 5.69 Å². The molecule has 0 radical (unpaired) electrons. The number of nitrogens with zero attached hydrogens (tertiary/aromatic N) is 3. The van der Waals surface area contributed by atoms with Gasteiger partial charge in [0, 0.05) is 19.3 Å². The zero-order valence-electron chi connectivity index (χ0n) is 10.6. The number of carbonyl (C=O) groups is 1. The maximum Gasteiger partial charge on any atom is 0.335 e. The Morgan fingerprint density at radius 3 is 2.80 bits per heavy atom. The molecule has 0 spiro atoms. The normalized spacial score (nSPS) is 10.2. The van der Waals surface area contributed by atoms with E-state index in [9.17, 15) is 14.9 Å². The summed E-state index contributed by atoms with van der Waals surface area (Å²) in [6.45, 7) is 0.306. The summed E-state index contributed by atoms with van der Waals surface area (Å²) in [5, 5.41) is 26.7. The van der Waals surface area contributed by atoms with E-state index in [0.717, 1.165) is 5.69 Å². The number of carboxylic acid groups (broad SMARTS) is 1. The third-order valence-electron chi connectivity index (χ3n) is 2.82. The van der Waals surface area contributed by atoms with E-state index in [1.807, 2.05) is 0 Å². The number of nitrogens with one attached hydrogen (secondary N) is 1. The van der Waals surface area contributed by atoms with Crippen molar-refractivity contribution in [3.8, 4) is 0 Å². The number of nitro groups is 1. The van der Waals surface area contributed by atoms with Crippen molar-refractivity contribution in [2.24, 2.45) is 7.05 Å². The number of carboxylic acids is 1. The van der Waals surface area contributed by atoms with Gasteiger partial charge >= 0.3 is 5.97 Å². The van der Waals surface area contributed by atoms with Crippen LogP contribution in [0.15, 0.2) is 30.5 Å². The number of hydrogen-bond acceptors (Lipinski definition) is 5. The number of hydrogen-bond donors (Lipinski definition) is 2. The standard InChI is InChI=1S/C12H12N4O4/c1-15-9(4-5-14-15)7-13-10-6-8(12(17)18)2-3-11(10)16(19)20/h2-6,13H,7H2,1H3,(H,17,18). The second-order valence-corrected chi connectivity index (χ2v) is 4.09. The van der Waals surface area contributed by atoms with Crippen LogP contribution in [-0.2, 0) is 13.6 Å². The number of aryl methyl sites for hydroxylation is 1. The van der Waals surface area contributed by atoms with E-state index in [1.54, 1.807) is 24.0 Å². The summed E-state index contributed by atoms with van der Waals surface area (Å²) >= 11 is 0. The molecule has 0 aliphatic rings. The molecule has 0 saturated heterocycles. The quantitative estimate of drug-likeness (QED) is 0.634. The molecule has 0 aliphatic carbocycles. The molecule has 2 N–H and O–H groups in total. The maximum absolute atomic E-state index is 10.9. The van der Waals surface area contributed by atoms with E-state index in [-0.39, 0.29) is 16.9 Å². The Hall–Kier alpha value is -2.90. The van der Waals surface area contributed by atoms with Crippen LogP contribution in [0.2, 0.25) is 0 Å². The molecule has 0 aliphatic heterocycles. The molecule has 8 heteroatoms. The van der Waals surface area contributed by atoms with Crippen molar-refractivity contribution in [1.82, 2.24) is 9.78 Å². The molecule has 2 aromatic rings. The first kappa shape index (κ1) is 13.5. The van der Waals surface area contributed by atoms with Crippen LogP contribution in [0.5, 0.6) is 0 Å². The average Bonchev–Trinajstić information content (AvgIpc) is 2.81. The molecule has 8 nitrogen and oxygen atoms in total. The Morgan fingerprint density at radius 2 is 2.25 bits per heavy atom. The Bertz CT molecular complexity index is 665. The van der Waals surface area contributed by atoms with Crippen LogP contribution in [-0.4, -0.2) is 25.8 Å². The van der Waals surface area contributed by atoms with Crippen LogP contribution in [0.1, 0.15) is 16.1 Å². The molecule has 0 atom stereocenters. The average molecular weight is 276 g/mol. The maximum atomic E-state index is 10.9. The molecular formula is C12H12N4O4. The summed E-state index contributed by atoms with van der Waals surface area (Å²) in [4.78, 5) is 21.3. The fourth-order valence-corrected chi connectivity index (χ4v) is 1.73. The fourth-order valence-electron chi connectivity index (χ4n) is 1.73. The number of aromatic nitrogens is 2. The molecule has 20 heavy (non-hydrogen) atoms. The first-order chi connectivity index (χ1) is 9.49. The van der Waals surface area contributed by atoms with E-state index < -0.39 is 10.9 Å². The lowest BCUT2D eigenvalue weighted by Crippen LogP contribution is -2.08. The topological polar surface area (TPSA) is 110 Å². The van der Waals surface area contributed by atoms with Gasteiger partial charge in [0.2, 0.25) is 0 Å². The highest BCUT2D eigenvalue weighted by molar-refractivity contribution is 5.90. The highest BCUT2D eigenvalue weighted by atomic mass is 16.6. The van der Waals surface area contributed by atoms with Crippen molar-refractivity contribution >= 4 is 17.3 Å². The predicted octanol–water partition coefficient (Wildman–Crippen LogP) is 1.64. The molecule has 0 unspecified atom stereocenters. The Balaban J connectivity index is 2.28. The van der Waals surface area contributed by atoms with E-state index in [0.29, 0.717) is 6.54 Å². The number of benzene rings is 1. The summed E-state index contributed by atoms with van der Waals surface area (Å²) in [5.74, 6) is -1.14. The van der Waals surface area contributed by atoms with Gasteiger partial charge < -0.3 is 10.4 Å². The second kappa shape index (κ2) is 5.39. The van der Waals surface area contributed by atoms with Crippen LogP contribution < -0.4 is 5.32 Å². The number of rotatable bonds is 5. The van der Waals surface area contributed by atoms with Gasteiger partial charge in [-0.2, -0.15) is 5.10 Å². The summed E-state index contributed by atoms with van der Waals surface area (Å²) in [6, 6.07) is 5.39. The van der Waals surface area contributed by atoms with Crippen LogP contribution in [0.25, 0.3) is 0 Å². The van der Waals surface area contributed by atoms with Gasteiger partial charge in [0.15, 0.2) is 0 Å². The third-order valence-corrected chi connectivity index (χ3v) is 2.82. The number of anilines is 1. The lowest BCUT2D eigenvalue weighted by Gasteiger charge is -2.08. The highest BCUT2D eigenvalue weighted by Gasteiger charge is 2.16. The molecular weight excluding hydrogens is 264 g/mol. The summed E-state index contributed by atoms with van der Waals surface area (Å²) in [7, 11) is 1.75. The van der Waals surface area contributed by atoms with E-state index >= 15 is 0 Å². The van der Waals surface area contributed by atoms with Gasteiger partial charge in [-0.25, -0.2) is 4.79 Å². The predicted molar refractivity (Wildman–Crippen MR) is 70.6 cm³/mol. The van der Waals surface area contributed by atoms with Crippen molar-refractivity contribution in [3.05, 3.63) is 51.8 Å². The molecule has 1 heterocycles. The van der Waals surface area contributed by atoms with Gasteiger partial charge in [0.05, 0.1) is 22.7 Å². The molecule has 0 bridgehead atoms. The first-order valence-electron chi connectivity index (χ1n) is 5.71. The summed E-state index contributed by atoms with van der Waals surface area (Å²) < 4.78 is 1.62. The van der Waals surface area contributed by atoms with E-state index in [4.69, 9.17) is 5.11 Å². The fraction of sp³-hybridized carbons (Fsp3) is 0.167. The lowest BCUT2D eigenvalue weighted by molar-refractivity contribution is -0.384. The van der Waals surface area contributed by atoms with Gasteiger partial charge in [-0.1, -0.05) is 0 Å². The molecule has 0 saturated carbocycles. The van der Waals surface area contributed by atoms with E-state index in [1.165, 1.54) is 18.2 Å². The van der Waals surface area contributed by atoms with Crippen LogP contribution in [0.4, 0.5) is 11.4 Å². The summed E-state index contributed by atoms with van der Waals surface area (Å²) in [6.07, 6.45) is 1.61. The monoisotopic (exact) mass is 276 g/mol. The van der Waals surface area contributed by atoms with Crippen LogP contribution >= 0.6 is 0 Å².